The number of ether oxygens (including phenoxy) is 2. The van der Waals surface area contributed by atoms with Crippen molar-refractivity contribution in [1.82, 2.24) is 0 Å². The fourth-order valence-electron chi connectivity index (χ4n) is 2.34. The second-order valence-electron chi connectivity index (χ2n) is 4.87. The summed E-state index contributed by atoms with van der Waals surface area (Å²) in [5.74, 6) is 2.01. The zero-order chi connectivity index (χ0) is 14.7. The van der Waals surface area contributed by atoms with Gasteiger partial charge in [0.2, 0.25) is 0 Å². The van der Waals surface area contributed by atoms with Crippen LogP contribution in [0.5, 0.6) is 11.5 Å². The third kappa shape index (κ3) is 2.76. The normalized spacial score (nSPS) is 17.1. The van der Waals surface area contributed by atoms with E-state index in [-0.39, 0.29) is 11.8 Å². The Bertz CT molecular complexity index is 653. The summed E-state index contributed by atoms with van der Waals surface area (Å²) in [6, 6.07) is 15.1. The molecular weight excluding hydrogens is 268 g/mol. The summed E-state index contributed by atoms with van der Waals surface area (Å²) < 4.78 is 11.4. The Morgan fingerprint density at radius 1 is 1.24 bits per heavy atom. The van der Waals surface area contributed by atoms with Crippen molar-refractivity contribution >= 4 is 5.84 Å². The summed E-state index contributed by atoms with van der Waals surface area (Å²) in [6.45, 7) is 1.20. The lowest BCUT2D eigenvalue weighted by molar-refractivity contribution is 0.248. The summed E-state index contributed by atoms with van der Waals surface area (Å²) >= 11 is 0. The molecule has 1 aliphatic heterocycles. The van der Waals surface area contributed by atoms with Crippen LogP contribution in [0.2, 0.25) is 0 Å². The lowest BCUT2D eigenvalue weighted by Gasteiger charge is -2.11. The fraction of sp³-hybridized carbons (Fsp3) is 0.188. The Labute approximate surface area is 122 Å². The maximum atomic E-state index is 8.62. The Morgan fingerprint density at radius 2 is 2.00 bits per heavy atom. The molecule has 1 atom stereocenters. The van der Waals surface area contributed by atoms with Gasteiger partial charge in [0, 0.05) is 11.1 Å². The van der Waals surface area contributed by atoms with Crippen molar-refractivity contribution in [1.29, 1.82) is 0 Å². The van der Waals surface area contributed by atoms with Crippen LogP contribution in [0.15, 0.2) is 53.7 Å². The van der Waals surface area contributed by atoms with Crippen LogP contribution >= 0.6 is 0 Å². The van der Waals surface area contributed by atoms with Crippen LogP contribution in [0.1, 0.15) is 17.0 Å². The molecule has 0 amide bonds. The summed E-state index contributed by atoms with van der Waals surface area (Å²) in [5, 5.41) is 11.6. The number of nitrogens with zero attached hydrogens (tertiary/aromatic N) is 1. The van der Waals surface area contributed by atoms with E-state index in [9.17, 15) is 0 Å². The molecular formula is C16H16N2O3. The number of amidine groups is 1. The van der Waals surface area contributed by atoms with Crippen molar-refractivity contribution < 1.29 is 14.7 Å². The maximum Gasteiger partial charge on any atom is 0.170 e. The quantitative estimate of drug-likeness (QED) is 0.391. The van der Waals surface area contributed by atoms with Crippen molar-refractivity contribution in [2.75, 3.05) is 13.2 Å². The lowest BCUT2D eigenvalue weighted by Crippen LogP contribution is -2.13. The predicted octanol–water partition coefficient (Wildman–Crippen LogP) is 2.34. The number of hydrogen-bond acceptors (Lipinski definition) is 4. The van der Waals surface area contributed by atoms with Crippen molar-refractivity contribution in [3.8, 4) is 11.5 Å². The molecule has 3 rings (SSSR count). The molecule has 3 N–H and O–H groups in total. The third-order valence-electron chi connectivity index (χ3n) is 3.51. The number of para-hydroxylation sites is 1. The first-order valence-electron chi connectivity index (χ1n) is 6.70. The van der Waals surface area contributed by atoms with Gasteiger partial charge in [-0.25, -0.2) is 0 Å². The third-order valence-corrected chi connectivity index (χ3v) is 3.51. The van der Waals surface area contributed by atoms with Gasteiger partial charge in [0.15, 0.2) is 5.84 Å². The molecule has 5 nitrogen and oxygen atoms in total. The van der Waals surface area contributed by atoms with Crippen molar-refractivity contribution in [2.24, 2.45) is 10.9 Å². The average Bonchev–Trinajstić information content (AvgIpc) is 2.96. The molecule has 0 saturated heterocycles. The minimum atomic E-state index is 0.0830. The minimum Gasteiger partial charge on any atom is -0.493 e. The molecule has 108 valence electrons. The zero-order valence-corrected chi connectivity index (χ0v) is 11.4. The summed E-state index contributed by atoms with van der Waals surface area (Å²) in [5.41, 5.74) is 7.35. The first kappa shape index (κ1) is 13.3. The largest absolute Gasteiger partial charge is 0.493 e. The van der Waals surface area contributed by atoms with Crippen LogP contribution in [0.25, 0.3) is 0 Å². The highest BCUT2D eigenvalue weighted by atomic mass is 16.5. The van der Waals surface area contributed by atoms with Crippen LogP contribution in [0, 0.1) is 0 Å². The van der Waals surface area contributed by atoms with Crippen LogP contribution in [0.3, 0.4) is 0 Å². The van der Waals surface area contributed by atoms with Crippen LogP contribution in [0.4, 0.5) is 0 Å². The van der Waals surface area contributed by atoms with Gasteiger partial charge in [-0.1, -0.05) is 23.4 Å². The molecule has 0 saturated carbocycles. The monoisotopic (exact) mass is 284 g/mol. The molecule has 0 fully saturated rings. The van der Waals surface area contributed by atoms with Gasteiger partial charge in [0.1, 0.15) is 11.5 Å². The molecule has 2 aromatic rings. The Morgan fingerprint density at radius 3 is 2.76 bits per heavy atom. The van der Waals surface area contributed by atoms with Gasteiger partial charge in [-0.3, -0.25) is 0 Å². The van der Waals surface area contributed by atoms with Gasteiger partial charge in [-0.05, 0) is 30.3 Å². The highest BCUT2D eigenvalue weighted by Crippen LogP contribution is 2.33. The molecule has 2 aromatic carbocycles. The molecule has 1 unspecified atom stereocenters. The summed E-state index contributed by atoms with van der Waals surface area (Å²) in [7, 11) is 0. The van der Waals surface area contributed by atoms with Crippen molar-refractivity contribution in [2.45, 2.75) is 5.92 Å². The number of hydrogen-bond donors (Lipinski definition) is 2. The van der Waals surface area contributed by atoms with E-state index in [1.165, 1.54) is 5.56 Å². The van der Waals surface area contributed by atoms with Gasteiger partial charge in [0.05, 0.1) is 19.1 Å². The number of oxime groups is 1. The van der Waals surface area contributed by atoms with E-state index in [0.717, 1.165) is 11.5 Å². The van der Waals surface area contributed by atoms with E-state index < -0.39 is 0 Å². The lowest BCUT2D eigenvalue weighted by atomic mass is 10.0. The molecule has 0 radical (unpaired) electrons. The van der Waals surface area contributed by atoms with Crippen LogP contribution in [-0.4, -0.2) is 24.3 Å². The Balaban J connectivity index is 1.64. The Hall–Kier alpha value is -2.69. The molecule has 0 bridgehead atoms. The van der Waals surface area contributed by atoms with Gasteiger partial charge < -0.3 is 20.4 Å². The SMILES string of the molecule is NC(=NO)c1ccc(OCC2COc3ccccc32)cc1. The second-order valence-corrected chi connectivity index (χ2v) is 4.87. The number of rotatable bonds is 4. The van der Waals surface area contributed by atoms with E-state index in [4.69, 9.17) is 20.4 Å². The predicted molar refractivity (Wildman–Crippen MR) is 79.1 cm³/mol. The Kier molecular flexibility index (Phi) is 3.64. The molecule has 1 heterocycles. The minimum absolute atomic E-state index is 0.0830. The van der Waals surface area contributed by atoms with Crippen molar-refractivity contribution in [3.63, 3.8) is 0 Å². The average molecular weight is 284 g/mol. The first-order chi connectivity index (χ1) is 10.3. The fourth-order valence-corrected chi connectivity index (χ4v) is 2.34. The van der Waals surface area contributed by atoms with E-state index in [2.05, 4.69) is 11.2 Å². The highest BCUT2D eigenvalue weighted by molar-refractivity contribution is 5.97. The molecule has 21 heavy (non-hydrogen) atoms. The first-order valence-corrected chi connectivity index (χ1v) is 6.70. The molecule has 5 heteroatoms. The number of nitrogens with two attached hydrogens (primary N) is 1. The van der Waals surface area contributed by atoms with Gasteiger partial charge in [-0.15, -0.1) is 0 Å². The smallest absolute Gasteiger partial charge is 0.170 e. The molecule has 0 aromatic heterocycles. The topological polar surface area (TPSA) is 77.1 Å². The van der Waals surface area contributed by atoms with Crippen molar-refractivity contribution in [3.05, 3.63) is 59.7 Å². The van der Waals surface area contributed by atoms with Crippen LogP contribution < -0.4 is 15.2 Å². The van der Waals surface area contributed by atoms with E-state index in [1.54, 1.807) is 24.3 Å². The summed E-state index contributed by atoms with van der Waals surface area (Å²) in [4.78, 5) is 0. The van der Waals surface area contributed by atoms with Gasteiger partial charge >= 0.3 is 0 Å². The van der Waals surface area contributed by atoms with Crippen LogP contribution in [-0.2, 0) is 0 Å². The second kappa shape index (κ2) is 5.75. The number of benzene rings is 2. The molecule has 1 aliphatic rings. The maximum absolute atomic E-state index is 8.62. The van der Waals surface area contributed by atoms with E-state index >= 15 is 0 Å². The molecule has 0 aliphatic carbocycles. The summed E-state index contributed by atoms with van der Waals surface area (Å²) in [6.07, 6.45) is 0. The highest BCUT2D eigenvalue weighted by Gasteiger charge is 2.24. The molecule has 0 spiro atoms. The van der Waals surface area contributed by atoms with Gasteiger partial charge in [-0.2, -0.15) is 0 Å². The van der Waals surface area contributed by atoms with Gasteiger partial charge in [0.25, 0.3) is 0 Å². The van der Waals surface area contributed by atoms with E-state index in [1.807, 2.05) is 18.2 Å². The number of fused-ring (bicyclic) bond motifs is 1. The standard InChI is InChI=1S/C16H16N2O3/c17-16(18-19)11-5-7-13(8-6-11)20-9-12-10-21-15-4-2-1-3-14(12)15/h1-8,12,19H,9-10H2,(H2,17,18). The van der Waals surface area contributed by atoms with E-state index in [0.29, 0.717) is 18.8 Å². The zero-order valence-electron chi connectivity index (χ0n) is 11.4.